The number of aliphatic carboxylic acids is 1. The quantitative estimate of drug-likeness (QED) is 0.842. The van der Waals surface area contributed by atoms with Crippen LogP contribution >= 0.6 is 0 Å². The highest BCUT2D eigenvalue weighted by Crippen LogP contribution is 2.19. The summed E-state index contributed by atoms with van der Waals surface area (Å²) in [5.74, 6) is -1.29. The Morgan fingerprint density at radius 1 is 1.10 bits per heavy atom. The fourth-order valence-corrected chi connectivity index (χ4v) is 2.62. The van der Waals surface area contributed by atoms with E-state index in [9.17, 15) is 14.4 Å². The van der Waals surface area contributed by atoms with Gasteiger partial charge in [-0.05, 0) is 19.3 Å². The summed E-state index contributed by atoms with van der Waals surface area (Å²) >= 11 is 0. The fourth-order valence-electron chi connectivity index (χ4n) is 2.62. The van der Waals surface area contributed by atoms with Gasteiger partial charge < -0.3 is 10.0 Å². The number of ketones is 1. The molecule has 112 valence electrons. The minimum Gasteiger partial charge on any atom is -0.480 e. The lowest BCUT2D eigenvalue weighted by atomic mass is 10.0. The predicted molar refractivity (Wildman–Crippen MR) is 77.0 cm³/mol. The molecule has 0 bridgehead atoms. The Morgan fingerprint density at radius 2 is 1.81 bits per heavy atom. The first-order valence-corrected chi connectivity index (χ1v) is 7.20. The number of amides is 1. The maximum absolute atomic E-state index is 12.2. The average molecular weight is 289 g/mol. The number of likely N-dealkylation sites (tertiary alicyclic amines) is 1. The summed E-state index contributed by atoms with van der Waals surface area (Å²) in [7, 11) is 0. The van der Waals surface area contributed by atoms with Gasteiger partial charge in [0.15, 0.2) is 5.78 Å². The summed E-state index contributed by atoms with van der Waals surface area (Å²) < 4.78 is 0. The standard InChI is InChI=1S/C16H19NO4/c18-14(12-6-2-1-3-7-12)9-10-15(19)17-11-5-4-8-13(17)16(20)21/h1-3,6-7,13H,4-5,8-11H2,(H,20,21). The van der Waals surface area contributed by atoms with E-state index in [0.717, 1.165) is 12.8 Å². The molecule has 1 aliphatic rings. The molecule has 1 aromatic rings. The van der Waals surface area contributed by atoms with Crippen LogP contribution in [0.15, 0.2) is 30.3 Å². The van der Waals surface area contributed by atoms with E-state index in [1.54, 1.807) is 24.3 Å². The molecule has 0 radical (unpaired) electrons. The second kappa shape index (κ2) is 7.02. The molecule has 1 unspecified atom stereocenters. The van der Waals surface area contributed by atoms with Crippen LogP contribution in [0.25, 0.3) is 0 Å². The lowest BCUT2D eigenvalue weighted by Gasteiger charge is -2.33. The summed E-state index contributed by atoms with van der Waals surface area (Å²) in [6.45, 7) is 0.468. The van der Waals surface area contributed by atoms with E-state index in [2.05, 4.69) is 0 Å². The minimum absolute atomic E-state index is 0.0670. The fraction of sp³-hybridized carbons (Fsp3) is 0.438. The summed E-state index contributed by atoms with van der Waals surface area (Å²) in [5.41, 5.74) is 0.582. The van der Waals surface area contributed by atoms with E-state index in [-0.39, 0.29) is 24.5 Å². The van der Waals surface area contributed by atoms with Crippen LogP contribution in [0.3, 0.4) is 0 Å². The molecule has 0 aromatic heterocycles. The van der Waals surface area contributed by atoms with E-state index in [1.165, 1.54) is 4.90 Å². The molecule has 0 spiro atoms. The van der Waals surface area contributed by atoms with Crippen molar-refractivity contribution in [2.24, 2.45) is 0 Å². The summed E-state index contributed by atoms with van der Waals surface area (Å²) in [6.07, 6.45) is 2.32. The summed E-state index contributed by atoms with van der Waals surface area (Å²) in [4.78, 5) is 36.7. The highest BCUT2D eigenvalue weighted by Gasteiger charge is 2.31. The predicted octanol–water partition coefficient (Wildman–Crippen LogP) is 2.12. The van der Waals surface area contributed by atoms with Gasteiger partial charge in [-0.15, -0.1) is 0 Å². The molecule has 5 heteroatoms. The van der Waals surface area contributed by atoms with Crippen molar-refractivity contribution in [2.45, 2.75) is 38.1 Å². The molecule has 1 fully saturated rings. The van der Waals surface area contributed by atoms with Crippen molar-refractivity contribution >= 4 is 17.7 Å². The molecule has 1 N–H and O–H groups in total. The number of nitrogens with zero attached hydrogens (tertiary/aromatic N) is 1. The molecule has 5 nitrogen and oxygen atoms in total. The number of carbonyl (C=O) groups is 3. The topological polar surface area (TPSA) is 74.7 Å². The Kier molecular flexibility index (Phi) is 5.09. The van der Waals surface area contributed by atoms with Crippen LogP contribution < -0.4 is 0 Å². The van der Waals surface area contributed by atoms with Gasteiger partial charge in [0.1, 0.15) is 6.04 Å². The highest BCUT2D eigenvalue weighted by molar-refractivity contribution is 5.98. The first-order valence-electron chi connectivity index (χ1n) is 7.20. The van der Waals surface area contributed by atoms with Crippen LogP contribution in [-0.4, -0.2) is 40.3 Å². The van der Waals surface area contributed by atoms with E-state index in [0.29, 0.717) is 18.5 Å². The Hall–Kier alpha value is -2.17. The number of carboxylic acids is 1. The Labute approximate surface area is 123 Å². The summed E-state index contributed by atoms with van der Waals surface area (Å²) in [6, 6.07) is 8.08. The molecule has 1 aliphatic heterocycles. The van der Waals surface area contributed by atoms with Gasteiger partial charge >= 0.3 is 5.97 Å². The van der Waals surface area contributed by atoms with Gasteiger partial charge in [-0.1, -0.05) is 30.3 Å². The third-order valence-corrected chi connectivity index (χ3v) is 3.77. The van der Waals surface area contributed by atoms with Gasteiger partial charge in [-0.25, -0.2) is 4.79 Å². The number of hydrogen-bond donors (Lipinski definition) is 1. The van der Waals surface area contributed by atoms with Gasteiger partial charge in [0, 0.05) is 24.9 Å². The molecule has 21 heavy (non-hydrogen) atoms. The monoisotopic (exact) mass is 289 g/mol. The molecule has 0 saturated carbocycles. The number of rotatable bonds is 5. The number of benzene rings is 1. The molecular formula is C16H19NO4. The lowest BCUT2D eigenvalue weighted by Crippen LogP contribution is -2.48. The number of carboxylic acid groups (broad SMARTS) is 1. The van der Waals surface area contributed by atoms with E-state index >= 15 is 0 Å². The second-order valence-electron chi connectivity index (χ2n) is 5.23. The van der Waals surface area contributed by atoms with Gasteiger partial charge in [0.05, 0.1) is 0 Å². The number of piperidine rings is 1. The van der Waals surface area contributed by atoms with Crippen LogP contribution in [0.4, 0.5) is 0 Å². The molecule has 1 amide bonds. The van der Waals surface area contributed by atoms with Crippen molar-refractivity contribution < 1.29 is 19.5 Å². The number of hydrogen-bond acceptors (Lipinski definition) is 3. The Balaban J connectivity index is 1.92. The molecule has 1 atom stereocenters. The molecule has 1 aromatic carbocycles. The second-order valence-corrected chi connectivity index (χ2v) is 5.23. The van der Waals surface area contributed by atoms with Crippen LogP contribution in [0.5, 0.6) is 0 Å². The van der Waals surface area contributed by atoms with Gasteiger partial charge in [-0.2, -0.15) is 0 Å². The van der Waals surface area contributed by atoms with Crippen molar-refractivity contribution in [3.05, 3.63) is 35.9 Å². The first-order chi connectivity index (χ1) is 10.1. The first kappa shape index (κ1) is 15.2. The minimum atomic E-state index is -0.961. The average Bonchev–Trinajstić information content (AvgIpc) is 2.53. The van der Waals surface area contributed by atoms with Crippen molar-refractivity contribution in [3.63, 3.8) is 0 Å². The van der Waals surface area contributed by atoms with E-state index in [4.69, 9.17) is 5.11 Å². The number of Topliss-reactive ketones (excluding diaryl/α,β-unsaturated/α-hetero) is 1. The Bertz CT molecular complexity index is 526. The third kappa shape index (κ3) is 3.90. The van der Waals surface area contributed by atoms with E-state index < -0.39 is 12.0 Å². The zero-order valence-electron chi connectivity index (χ0n) is 11.8. The van der Waals surface area contributed by atoms with Crippen LogP contribution in [-0.2, 0) is 9.59 Å². The number of carbonyl (C=O) groups excluding carboxylic acids is 2. The van der Waals surface area contributed by atoms with Gasteiger partial charge in [0.2, 0.25) is 5.91 Å². The molecule has 2 rings (SSSR count). The SMILES string of the molecule is O=C(CCC(=O)N1CCCCC1C(=O)O)c1ccccc1. The van der Waals surface area contributed by atoms with Gasteiger partial charge in [-0.3, -0.25) is 9.59 Å². The third-order valence-electron chi connectivity index (χ3n) is 3.77. The zero-order valence-corrected chi connectivity index (χ0v) is 11.8. The molecule has 1 saturated heterocycles. The normalized spacial score (nSPS) is 18.3. The van der Waals surface area contributed by atoms with E-state index in [1.807, 2.05) is 6.07 Å². The lowest BCUT2D eigenvalue weighted by molar-refractivity contribution is -0.152. The smallest absolute Gasteiger partial charge is 0.326 e. The van der Waals surface area contributed by atoms with Crippen molar-refractivity contribution in [1.82, 2.24) is 4.90 Å². The van der Waals surface area contributed by atoms with Crippen LogP contribution in [0.2, 0.25) is 0 Å². The van der Waals surface area contributed by atoms with Crippen molar-refractivity contribution in [2.75, 3.05) is 6.54 Å². The van der Waals surface area contributed by atoms with Crippen LogP contribution in [0.1, 0.15) is 42.5 Å². The molecule has 0 aliphatic carbocycles. The molecule has 1 heterocycles. The highest BCUT2D eigenvalue weighted by atomic mass is 16.4. The van der Waals surface area contributed by atoms with Crippen LogP contribution in [0, 0.1) is 0 Å². The largest absolute Gasteiger partial charge is 0.480 e. The van der Waals surface area contributed by atoms with Crippen molar-refractivity contribution in [3.8, 4) is 0 Å². The van der Waals surface area contributed by atoms with Crippen molar-refractivity contribution in [1.29, 1.82) is 0 Å². The maximum Gasteiger partial charge on any atom is 0.326 e. The maximum atomic E-state index is 12.2. The molecular weight excluding hydrogens is 270 g/mol. The zero-order chi connectivity index (χ0) is 15.2. The summed E-state index contributed by atoms with van der Waals surface area (Å²) in [5, 5.41) is 9.15. The Morgan fingerprint density at radius 3 is 2.48 bits per heavy atom. The van der Waals surface area contributed by atoms with Gasteiger partial charge in [0.25, 0.3) is 0 Å².